The van der Waals surface area contributed by atoms with Gasteiger partial charge in [-0.1, -0.05) is 91.9 Å². The Balaban J connectivity index is 3.07. The minimum absolute atomic E-state index is 0.634. The van der Waals surface area contributed by atoms with Crippen molar-refractivity contribution >= 4 is 6.71 Å². The van der Waals surface area contributed by atoms with E-state index in [4.69, 9.17) is 0 Å². The van der Waals surface area contributed by atoms with Gasteiger partial charge >= 0.3 is 0 Å². The summed E-state index contributed by atoms with van der Waals surface area (Å²) in [5.74, 6) is 3.26. The van der Waals surface area contributed by atoms with Crippen LogP contribution in [0.3, 0.4) is 0 Å². The lowest BCUT2D eigenvalue weighted by molar-refractivity contribution is 0.0399. The molecule has 0 aromatic rings. The Morgan fingerprint density at radius 3 is 2.23 bits per heavy atom. The van der Waals surface area contributed by atoms with Gasteiger partial charge in [0.2, 0.25) is 0 Å². The summed E-state index contributed by atoms with van der Waals surface area (Å²) in [6.07, 6.45) is 14.8. The first kappa shape index (κ1) is 27.8. The van der Waals surface area contributed by atoms with Crippen LogP contribution in [0.25, 0.3) is 0 Å². The second-order valence-corrected chi connectivity index (χ2v) is 11.6. The third-order valence-electron chi connectivity index (χ3n) is 8.19. The van der Waals surface area contributed by atoms with Gasteiger partial charge in [-0.25, -0.2) is 0 Å². The first-order valence-corrected chi connectivity index (χ1v) is 13.6. The molecule has 1 aliphatic carbocycles. The molecule has 30 heavy (non-hydrogen) atoms. The molecule has 0 saturated heterocycles. The van der Waals surface area contributed by atoms with Gasteiger partial charge in [0.25, 0.3) is 0 Å². The van der Waals surface area contributed by atoms with Gasteiger partial charge in [-0.3, -0.25) is 4.90 Å². The summed E-state index contributed by atoms with van der Waals surface area (Å²) in [5.41, 5.74) is 1.62. The van der Waals surface area contributed by atoms with Crippen molar-refractivity contribution in [3.05, 3.63) is 11.6 Å². The number of hydrogen-bond donors (Lipinski definition) is 0. The van der Waals surface area contributed by atoms with Gasteiger partial charge in [0.05, 0.1) is 0 Å². The first-order valence-electron chi connectivity index (χ1n) is 13.6. The molecule has 0 radical (unpaired) electrons. The molecule has 0 bridgehead atoms. The van der Waals surface area contributed by atoms with Gasteiger partial charge in [0, 0.05) is 18.1 Å². The minimum atomic E-state index is 0.634. The zero-order valence-electron chi connectivity index (χ0n) is 22.5. The molecule has 1 aliphatic rings. The van der Waals surface area contributed by atoms with E-state index in [9.17, 15) is 0 Å². The van der Waals surface area contributed by atoms with E-state index in [1.54, 1.807) is 5.57 Å². The predicted molar refractivity (Wildman–Crippen MR) is 140 cm³/mol. The fraction of sp³-hybridized carbons (Fsp3) is 0.929. The van der Waals surface area contributed by atoms with Crippen LogP contribution in [-0.2, 0) is 0 Å². The molecule has 0 N–H and O–H groups in total. The molecule has 0 saturated carbocycles. The molecule has 2 heteroatoms. The van der Waals surface area contributed by atoms with Crippen molar-refractivity contribution in [1.82, 2.24) is 4.90 Å². The Labute approximate surface area is 191 Å². The maximum absolute atomic E-state index is 3.00. The summed E-state index contributed by atoms with van der Waals surface area (Å²) >= 11 is 0. The van der Waals surface area contributed by atoms with Crippen LogP contribution < -0.4 is 0 Å². The van der Waals surface area contributed by atoms with Crippen molar-refractivity contribution in [3.63, 3.8) is 0 Å². The Kier molecular flexibility index (Phi) is 13.0. The van der Waals surface area contributed by atoms with Gasteiger partial charge in [-0.05, 0) is 70.1 Å². The molecule has 0 aromatic carbocycles. The Morgan fingerprint density at radius 2 is 1.73 bits per heavy atom. The van der Waals surface area contributed by atoms with Crippen LogP contribution in [0, 0.1) is 23.7 Å². The normalized spacial score (nSPS) is 23.9. The van der Waals surface area contributed by atoms with Crippen molar-refractivity contribution in [2.24, 2.45) is 23.7 Å². The van der Waals surface area contributed by atoms with Crippen LogP contribution in [0.15, 0.2) is 11.6 Å². The molecule has 6 atom stereocenters. The molecule has 176 valence electrons. The van der Waals surface area contributed by atoms with Gasteiger partial charge < -0.3 is 0 Å². The zero-order valence-corrected chi connectivity index (χ0v) is 22.5. The molecular weight excluding hydrogens is 361 g/mol. The maximum atomic E-state index is 3.00. The summed E-state index contributed by atoms with van der Waals surface area (Å²) in [5, 5.41) is 0. The molecular formula is C28H56BN. The quantitative estimate of drug-likeness (QED) is 0.201. The summed E-state index contributed by atoms with van der Waals surface area (Å²) < 4.78 is 0. The molecule has 0 heterocycles. The largest absolute Gasteiger partial charge is 0.295 e. The number of hydrogen-bond acceptors (Lipinski definition) is 1. The number of nitrogens with zero attached hydrogens (tertiary/aromatic N) is 1. The van der Waals surface area contributed by atoms with E-state index in [1.165, 1.54) is 57.7 Å². The first-order chi connectivity index (χ1) is 14.1. The summed E-state index contributed by atoms with van der Waals surface area (Å²) in [6, 6.07) is 2.10. The number of allylic oxidation sites excluding steroid dienone is 2. The van der Waals surface area contributed by atoms with Crippen molar-refractivity contribution in [1.29, 1.82) is 0 Å². The molecule has 0 fully saturated rings. The third kappa shape index (κ3) is 8.72. The van der Waals surface area contributed by atoms with Crippen LogP contribution in [-0.4, -0.2) is 29.7 Å². The highest BCUT2D eigenvalue weighted by atomic mass is 15.2. The maximum Gasteiger partial charge on any atom is 0.135 e. The second-order valence-electron chi connectivity index (χ2n) is 11.6. The van der Waals surface area contributed by atoms with E-state index in [0.717, 1.165) is 36.4 Å². The third-order valence-corrected chi connectivity index (χ3v) is 8.19. The lowest BCUT2D eigenvalue weighted by Crippen LogP contribution is -2.52. The van der Waals surface area contributed by atoms with Crippen LogP contribution in [0.2, 0.25) is 20.0 Å². The molecule has 0 aliphatic heterocycles. The lowest BCUT2D eigenvalue weighted by atomic mass is 9.49. The highest BCUT2D eigenvalue weighted by molar-refractivity contribution is 6.55. The van der Waals surface area contributed by atoms with Crippen molar-refractivity contribution in [2.45, 2.75) is 145 Å². The van der Waals surface area contributed by atoms with E-state index in [0.29, 0.717) is 12.1 Å². The average molecular weight is 418 g/mol. The monoisotopic (exact) mass is 417 g/mol. The minimum Gasteiger partial charge on any atom is -0.295 e. The van der Waals surface area contributed by atoms with E-state index >= 15 is 0 Å². The second kappa shape index (κ2) is 14.0. The highest BCUT2D eigenvalue weighted by Crippen LogP contribution is 2.38. The van der Waals surface area contributed by atoms with Crippen LogP contribution in [0.1, 0.15) is 107 Å². The van der Waals surface area contributed by atoms with Crippen LogP contribution in [0.4, 0.5) is 0 Å². The number of rotatable bonds is 14. The summed E-state index contributed by atoms with van der Waals surface area (Å²) in [4.78, 5) is 3.00. The molecule has 1 rings (SSSR count). The highest BCUT2D eigenvalue weighted by Gasteiger charge is 2.36. The van der Waals surface area contributed by atoms with Gasteiger partial charge in [0.1, 0.15) is 6.71 Å². The van der Waals surface area contributed by atoms with Gasteiger partial charge in [0.15, 0.2) is 0 Å². The van der Waals surface area contributed by atoms with E-state index < -0.39 is 0 Å². The smallest absolute Gasteiger partial charge is 0.135 e. The SMILES string of the molecule is CCCC(CCCC(C)CC)N(C(C)C)C(CB(C)C)C(C)C1CC=C(C)C(C)C1. The van der Waals surface area contributed by atoms with E-state index in [1.807, 2.05) is 0 Å². The predicted octanol–water partition coefficient (Wildman–Crippen LogP) is 8.83. The lowest BCUT2D eigenvalue weighted by Gasteiger charge is -2.47. The van der Waals surface area contributed by atoms with Gasteiger partial charge in [-0.2, -0.15) is 0 Å². The van der Waals surface area contributed by atoms with Crippen LogP contribution in [0.5, 0.6) is 0 Å². The topological polar surface area (TPSA) is 3.24 Å². The van der Waals surface area contributed by atoms with Crippen molar-refractivity contribution < 1.29 is 0 Å². The van der Waals surface area contributed by atoms with Crippen molar-refractivity contribution in [3.8, 4) is 0 Å². The molecule has 6 unspecified atom stereocenters. The Hall–Kier alpha value is -0.235. The molecule has 0 aromatic heterocycles. The van der Waals surface area contributed by atoms with Gasteiger partial charge in [-0.15, -0.1) is 0 Å². The van der Waals surface area contributed by atoms with Crippen LogP contribution >= 0.6 is 0 Å². The zero-order chi connectivity index (χ0) is 22.8. The standard InChI is InChI=1S/C28H56BN/c1-11-14-27(16-13-15-22(5)12-2)30(21(3)4)28(20-29(9)10)25(8)26-18-17-23(6)24(7)19-26/h17,21-22,24-28H,11-16,18-20H2,1-10H3. The Bertz CT molecular complexity index is 483. The average Bonchev–Trinajstić information content (AvgIpc) is 2.68. The van der Waals surface area contributed by atoms with Crippen molar-refractivity contribution in [2.75, 3.05) is 0 Å². The Morgan fingerprint density at radius 1 is 1.07 bits per heavy atom. The van der Waals surface area contributed by atoms with E-state index in [-0.39, 0.29) is 0 Å². The molecule has 0 spiro atoms. The molecule has 0 amide bonds. The summed E-state index contributed by atoms with van der Waals surface area (Å²) in [6.45, 7) is 25.1. The fourth-order valence-corrected chi connectivity index (χ4v) is 5.87. The van der Waals surface area contributed by atoms with E-state index in [2.05, 4.69) is 80.0 Å². The molecule has 1 nitrogen and oxygen atoms in total. The summed E-state index contributed by atoms with van der Waals surface area (Å²) in [7, 11) is 0. The fourth-order valence-electron chi connectivity index (χ4n) is 5.87.